The third-order valence-electron chi connectivity index (χ3n) is 7.75. The molecule has 1 atom stereocenters. The summed E-state index contributed by atoms with van der Waals surface area (Å²) in [5, 5.41) is 13.4. The molecule has 3 aromatic rings. The Morgan fingerprint density at radius 1 is 1.08 bits per heavy atom. The summed E-state index contributed by atoms with van der Waals surface area (Å²) in [6, 6.07) is 17.7. The molecule has 2 saturated heterocycles. The lowest BCUT2D eigenvalue weighted by Crippen LogP contribution is -2.48. The normalized spacial score (nSPS) is 18.4. The monoisotopic (exact) mass is 530 g/mol. The molecule has 0 amide bonds. The van der Waals surface area contributed by atoms with Crippen LogP contribution in [0.4, 0.5) is 5.95 Å². The van der Waals surface area contributed by atoms with Crippen molar-refractivity contribution in [3.8, 4) is 11.8 Å². The van der Waals surface area contributed by atoms with Crippen LogP contribution in [0.3, 0.4) is 0 Å². The van der Waals surface area contributed by atoms with Gasteiger partial charge in [-0.2, -0.15) is 5.26 Å². The van der Waals surface area contributed by atoms with Crippen molar-refractivity contribution in [2.24, 2.45) is 5.92 Å². The summed E-state index contributed by atoms with van der Waals surface area (Å²) in [6.07, 6.45) is 3.11. The highest BCUT2D eigenvalue weighted by Crippen LogP contribution is 2.34. The SMILES string of the molecule is CC(C)(c1ccc(OCc2ccnc(N3CCN(CC4CCNC4)CC3)n2)cc1)c1cc(Cl)cc(C#N)c1. The predicted molar refractivity (Wildman–Crippen MR) is 151 cm³/mol. The summed E-state index contributed by atoms with van der Waals surface area (Å²) in [4.78, 5) is 14.2. The lowest BCUT2D eigenvalue weighted by Gasteiger charge is -2.35. The summed E-state index contributed by atoms with van der Waals surface area (Å²) in [5.41, 5.74) is 3.23. The molecule has 5 rings (SSSR count). The van der Waals surface area contributed by atoms with Gasteiger partial charge >= 0.3 is 0 Å². The van der Waals surface area contributed by atoms with E-state index in [1.54, 1.807) is 6.07 Å². The molecule has 1 N–H and O–H groups in total. The van der Waals surface area contributed by atoms with Crippen molar-refractivity contribution >= 4 is 17.5 Å². The van der Waals surface area contributed by atoms with Gasteiger partial charge in [0.05, 0.1) is 17.3 Å². The maximum Gasteiger partial charge on any atom is 0.225 e. The molecular weight excluding hydrogens is 496 g/mol. The lowest BCUT2D eigenvalue weighted by molar-refractivity contribution is 0.223. The second-order valence-electron chi connectivity index (χ2n) is 10.8. The van der Waals surface area contributed by atoms with Gasteiger partial charge in [0.25, 0.3) is 0 Å². The number of aromatic nitrogens is 2. The average molecular weight is 531 g/mol. The summed E-state index contributed by atoms with van der Waals surface area (Å²) >= 11 is 6.26. The van der Waals surface area contributed by atoms with E-state index in [4.69, 9.17) is 21.3 Å². The number of benzene rings is 2. The number of piperazine rings is 1. The van der Waals surface area contributed by atoms with Gasteiger partial charge in [-0.3, -0.25) is 4.90 Å². The van der Waals surface area contributed by atoms with Crippen LogP contribution in [0.5, 0.6) is 5.75 Å². The Labute approximate surface area is 230 Å². The van der Waals surface area contributed by atoms with Crippen LogP contribution in [0.25, 0.3) is 0 Å². The molecule has 0 saturated carbocycles. The molecule has 1 unspecified atom stereocenters. The maximum absolute atomic E-state index is 9.32. The molecule has 38 heavy (non-hydrogen) atoms. The number of nitrogens with zero attached hydrogens (tertiary/aromatic N) is 5. The smallest absolute Gasteiger partial charge is 0.225 e. The molecule has 0 aliphatic carbocycles. The van der Waals surface area contributed by atoms with Gasteiger partial charge in [0.15, 0.2) is 0 Å². The second-order valence-corrected chi connectivity index (χ2v) is 11.2. The van der Waals surface area contributed by atoms with Crippen molar-refractivity contribution in [1.29, 1.82) is 5.26 Å². The van der Waals surface area contributed by atoms with Crippen LogP contribution in [0.1, 0.15) is 42.7 Å². The van der Waals surface area contributed by atoms with Crippen LogP contribution < -0.4 is 15.0 Å². The highest BCUT2D eigenvalue weighted by molar-refractivity contribution is 6.30. The number of nitrogens with one attached hydrogen (secondary N) is 1. The van der Waals surface area contributed by atoms with Crippen molar-refractivity contribution in [1.82, 2.24) is 20.2 Å². The molecule has 0 radical (unpaired) electrons. The highest BCUT2D eigenvalue weighted by atomic mass is 35.5. The van der Waals surface area contributed by atoms with E-state index >= 15 is 0 Å². The zero-order valence-electron chi connectivity index (χ0n) is 22.2. The van der Waals surface area contributed by atoms with E-state index in [2.05, 4.69) is 52.2 Å². The fraction of sp³-hybridized carbons (Fsp3) is 0.433. The van der Waals surface area contributed by atoms with Crippen molar-refractivity contribution in [3.63, 3.8) is 0 Å². The number of ether oxygens (including phenoxy) is 1. The molecular formula is C30H35ClN6O. The Balaban J connectivity index is 1.17. The molecule has 7 nitrogen and oxygen atoms in total. The zero-order chi connectivity index (χ0) is 26.5. The van der Waals surface area contributed by atoms with Crippen LogP contribution in [0, 0.1) is 17.2 Å². The summed E-state index contributed by atoms with van der Waals surface area (Å²) in [7, 11) is 0. The number of hydrogen-bond donors (Lipinski definition) is 1. The van der Waals surface area contributed by atoms with E-state index in [0.717, 1.165) is 73.7 Å². The van der Waals surface area contributed by atoms with E-state index < -0.39 is 0 Å². The van der Waals surface area contributed by atoms with Gasteiger partial charge in [0.2, 0.25) is 5.95 Å². The summed E-state index contributed by atoms with van der Waals surface area (Å²) in [5.74, 6) is 2.35. The second kappa shape index (κ2) is 11.7. The van der Waals surface area contributed by atoms with Crippen LogP contribution in [0.15, 0.2) is 54.7 Å². The van der Waals surface area contributed by atoms with E-state index in [-0.39, 0.29) is 5.41 Å². The first-order valence-corrected chi connectivity index (χ1v) is 13.7. The quantitative estimate of drug-likeness (QED) is 0.454. The third kappa shape index (κ3) is 6.27. The molecule has 1 aromatic heterocycles. The van der Waals surface area contributed by atoms with Gasteiger partial charge in [0, 0.05) is 49.4 Å². The van der Waals surface area contributed by atoms with Gasteiger partial charge in [-0.15, -0.1) is 0 Å². The Kier molecular flexibility index (Phi) is 8.13. The number of halogens is 1. The Morgan fingerprint density at radius 2 is 1.87 bits per heavy atom. The van der Waals surface area contributed by atoms with Crippen molar-refractivity contribution in [2.45, 2.75) is 32.3 Å². The van der Waals surface area contributed by atoms with E-state index in [9.17, 15) is 5.26 Å². The number of nitriles is 1. The molecule has 2 aliphatic heterocycles. The Bertz CT molecular complexity index is 1270. The lowest BCUT2D eigenvalue weighted by atomic mass is 9.78. The fourth-order valence-electron chi connectivity index (χ4n) is 5.29. The van der Waals surface area contributed by atoms with E-state index in [0.29, 0.717) is 17.2 Å². The zero-order valence-corrected chi connectivity index (χ0v) is 22.9. The molecule has 2 aromatic carbocycles. The van der Waals surface area contributed by atoms with Crippen LogP contribution in [0.2, 0.25) is 5.02 Å². The molecule has 2 fully saturated rings. The number of anilines is 1. The first-order valence-electron chi connectivity index (χ1n) is 13.3. The van der Waals surface area contributed by atoms with Gasteiger partial charge < -0.3 is 15.0 Å². The van der Waals surface area contributed by atoms with Crippen LogP contribution in [-0.2, 0) is 12.0 Å². The van der Waals surface area contributed by atoms with Crippen molar-refractivity contribution in [2.75, 3.05) is 50.7 Å². The number of rotatable bonds is 8. The van der Waals surface area contributed by atoms with Gasteiger partial charge in [-0.25, -0.2) is 9.97 Å². The number of hydrogen-bond acceptors (Lipinski definition) is 7. The molecule has 8 heteroatoms. The van der Waals surface area contributed by atoms with E-state index in [1.807, 2.05) is 36.5 Å². The maximum atomic E-state index is 9.32. The highest BCUT2D eigenvalue weighted by Gasteiger charge is 2.25. The Hall–Kier alpha value is -3.18. The molecule has 3 heterocycles. The molecule has 198 valence electrons. The minimum Gasteiger partial charge on any atom is -0.487 e. The van der Waals surface area contributed by atoms with Gasteiger partial charge in [-0.05, 0) is 73.0 Å². The topological polar surface area (TPSA) is 77.3 Å². The van der Waals surface area contributed by atoms with Gasteiger partial charge in [-0.1, -0.05) is 37.6 Å². The summed E-state index contributed by atoms with van der Waals surface area (Å²) < 4.78 is 6.07. The minimum atomic E-state index is -0.311. The first-order chi connectivity index (χ1) is 18.4. The molecule has 2 aliphatic rings. The third-order valence-corrected chi connectivity index (χ3v) is 7.96. The average Bonchev–Trinajstić information content (AvgIpc) is 3.45. The molecule has 0 spiro atoms. The standard InChI is InChI=1S/C30H35ClN6O/c1-30(2,25-15-23(18-32)16-26(31)17-25)24-3-5-28(6-4-24)38-21-27-8-10-34-29(35-27)37-13-11-36(12-14-37)20-22-7-9-33-19-22/h3-6,8,10,15-17,22,33H,7,9,11-14,19-21H2,1-2H3. The predicted octanol–water partition coefficient (Wildman–Crippen LogP) is 4.64. The fourth-order valence-corrected chi connectivity index (χ4v) is 5.53. The molecule has 0 bridgehead atoms. The minimum absolute atomic E-state index is 0.311. The van der Waals surface area contributed by atoms with Crippen molar-refractivity contribution < 1.29 is 4.74 Å². The summed E-state index contributed by atoms with van der Waals surface area (Å²) in [6.45, 7) is 12.1. The van der Waals surface area contributed by atoms with Crippen molar-refractivity contribution in [3.05, 3.63) is 82.1 Å². The van der Waals surface area contributed by atoms with Crippen LogP contribution >= 0.6 is 11.6 Å². The van der Waals surface area contributed by atoms with Gasteiger partial charge in [0.1, 0.15) is 12.4 Å². The Morgan fingerprint density at radius 3 is 2.58 bits per heavy atom. The largest absolute Gasteiger partial charge is 0.487 e. The first kappa shape index (κ1) is 26.4. The van der Waals surface area contributed by atoms with Crippen LogP contribution in [-0.4, -0.2) is 60.7 Å². The van der Waals surface area contributed by atoms with E-state index in [1.165, 1.54) is 13.0 Å².